The molecule has 0 unspecified atom stereocenters. The summed E-state index contributed by atoms with van der Waals surface area (Å²) < 4.78 is 0. The molecule has 0 radical (unpaired) electrons. The maximum absolute atomic E-state index is 13.0. The van der Waals surface area contributed by atoms with Gasteiger partial charge in [-0.05, 0) is 23.1 Å². The van der Waals surface area contributed by atoms with Crippen LogP contribution in [-0.4, -0.2) is 28.3 Å². The lowest BCUT2D eigenvalue weighted by atomic mass is 9.92. The Kier molecular flexibility index (Phi) is 5.18. The maximum atomic E-state index is 13.0. The lowest BCUT2D eigenvalue weighted by Gasteiger charge is -2.30. The molecule has 2 aliphatic rings. The van der Waals surface area contributed by atoms with E-state index in [1.54, 1.807) is 0 Å². The molecule has 162 valence electrons. The van der Waals surface area contributed by atoms with Gasteiger partial charge in [-0.2, -0.15) is 4.98 Å². The zero-order valence-corrected chi connectivity index (χ0v) is 17.4. The number of amides is 2. The van der Waals surface area contributed by atoms with Gasteiger partial charge < -0.3 is 15.5 Å². The first-order valence-electron chi connectivity index (χ1n) is 10.7. The van der Waals surface area contributed by atoms with Crippen LogP contribution in [0.4, 0.5) is 11.8 Å². The molecule has 1 aromatic heterocycles. The molecular weight excluding hydrogens is 406 g/mol. The topological polar surface area (TPSA) is 107 Å². The second-order valence-corrected chi connectivity index (χ2v) is 8.10. The fourth-order valence-corrected chi connectivity index (χ4v) is 4.32. The number of aromatic nitrogens is 2. The molecule has 0 saturated heterocycles. The van der Waals surface area contributed by atoms with E-state index in [1.165, 1.54) is 11.1 Å². The lowest BCUT2D eigenvalue weighted by molar-refractivity contribution is -0.126. The standard InChI is InChI=1S/C24H23N5O3/c30-19-12-18(22(31)25-13-15-6-2-1-3-7-15)20-21(26-19)27-24(28-23(20)32)29-11-10-16-8-4-5-9-17(16)14-29/h1-9,18H,10-14H2,(H,25,31)(H2,26,27,28,30,32)/t18-/m0/s1. The number of carbonyl (C=O) groups is 2. The Bertz CT molecular complexity index is 1240. The number of nitrogens with zero attached hydrogens (tertiary/aromatic N) is 2. The van der Waals surface area contributed by atoms with Crippen molar-refractivity contribution >= 4 is 23.6 Å². The molecule has 0 fully saturated rings. The summed E-state index contributed by atoms with van der Waals surface area (Å²) in [6.45, 7) is 1.64. The monoisotopic (exact) mass is 429 g/mol. The molecular formula is C24H23N5O3. The molecule has 1 atom stereocenters. The van der Waals surface area contributed by atoms with Crippen LogP contribution in [0.1, 0.15) is 34.6 Å². The smallest absolute Gasteiger partial charge is 0.258 e. The van der Waals surface area contributed by atoms with Crippen LogP contribution in [-0.2, 0) is 29.1 Å². The van der Waals surface area contributed by atoms with E-state index >= 15 is 0 Å². The van der Waals surface area contributed by atoms with E-state index in [2.05, 4.69) is 32.7 Å². The molecule has 3 N–H and O–H groups in total. The Morgan fingerprint density at radius 3 is 2.62 bits per heavy atom. The molecule has 5 rings (SSSR count). The SMILES string of the molecule is O=C1C[C@H](C(=O)NCc2ccccc2)c2c(nc(N3CCc4ccccc4C3)[nH]c2=O)N1. The highest BCUT2D eigenvalue weighted by Gasteiger charge is 2.35. The Hall–Kier alpha value is -3.94. The van der Waals surface area contributed by atoms with Gasteiger partial charge in [-0.1, -0.05) is 54.6 Å². The van der Waals surface area contributed by atoms with Gasteiger partial charge >= 0.3 is 0 Å². The van der Waals surface area contributed by atoms with Crippen molar-refractivity contribution in [3.8, 4) is 0 Å². The summed E-state index contributed by atoms with van der Waals surface area (Å²) in [5.74, 6) is -1.01. The highest BCUT2D eigenvalue weighted by atomic mass is 16.2. The molecule has 32 heavy (non-hydrogen) atoms. The third kappa shape index (κ3) is 3.87. The number of aromatic amines is 1. The predicted octanol–water partition coefficient (Wildman–Crippen LogP) is 2.07. The summed E-state index contributed by atoms with van der Waals surface area (Å²) >= 11 is 0. The second-order valence-electron chi connectivity index (χ2n) is 8.10. The number of nitrogens with one attached hydrogen (secondary N) is 3. The summed E-state index contributed by atoms with van der Waals surface area (Å²) in [6.07, 6.45) is 0.753. The molecule has 0 saturated carbocycles. The molecule has 0 bridgehead atoms. The molecule has 0 aliphatic carbocycles. The quantitative estimate of drug-likeness (QED) is 0.589. The van der Waals surface area contributed by atoms with Gasteiger partial charge in [0.15, 0.2) is 0 Å². The van der Waals surface area contributed by atoms with Gasteiger partial charge in [-0.15, -0.1) is 0 Å². The first-order valence-corrected chi connectivity index (χ1v) is 10.7. The van der Waals surface area contributed by atoms with Crippen LogP contribution in [0.3, 0.4) is 0 Å². The Balaban J connectivity index is 1.40. The fraction of sp³-hybridized carbons (Fsp3) is 0.250. The van der Waals surface area contributed by atoms with Gasteiger partial charge in [-0.3, -0.25) is 19.4 Å². The number of hydrogen-bond acceptors (Lipinski definition) is 5. The number of carbonyl (C=O) groups excluding carboxylic acids is 2. The minimum Gasteiger partial charge on any atom is -0.351 e. The van der Waals surface area contributed by atoms with E-state index in [4.69, 9.17) is 0 Å². The Morgan fingerprint density at radius 1 is 1.06 bits per heavy atom. The summed E-state index contributed by atoms with van der Waals surface area (Å²) in [4.78, 5) is 47.6. The summed E-state index contributed by atoms with van der Waals surface area (Å²) in [7, 11) is 0. The molecule has 3 aromatic rings. The number of anilines is 2. The first-order chi connectivity index (χ1) is 15.6. The predicted molar refractivity (Wildman–Crippen MR) is 120 cm³/mol. The van der Waals surface area contributed by atoms with Crippen molar-refractivity contribution in [1.82, 2.24) is 15.3 Å². The molecule has 2 amide bonds. The zero-order chi connectivity index (χ0) is 22.1. The Morgan fingerprint density at radius 2 is 1.81 bits per heavy atom. The van der Waals surface area contributed by atoms with Gasteiger partial charge in [0, 0.05) is 26.1 Å². The highest BCUT2D eigenvalue weighted by molar-refractivity contribution is 6.00. The van der Waals surface area contributed by atoms with Crippen molar-refractivity contribution in [2.75, 3.05) is 16.8 Å². The number of H-pyrrole nitrogens is 1. The summed E-state index contributed by atoms with van der Waals surface area (Å²) in [5, 5.41) is 5.52. The van der Waals surface area contributed by atoms with E-state index < -0.39 is 11.5 Å². The molecule has 2 aliphatic heterocycles. The number of rotatable bonds is 4. The maximum Gasteiger partial charge on any atom is 0.258 e. The van der Waals surface area contributed by atoms with E-state index in [9.17, 15) is 14.4 Å². The Labute approximate surface area is 184 Å². The van der Waals surface area contributed by atoms with E-state index in [0.29, 0.717) is 25.6 Å². The first kappa shape index (κ1) is 20.0. The van der Waals surface area contributed by atoms with Gasteiger partial charge in [0.25, 0.3) is 5.56 Å². The normalized spacial score (nSPS) is 17.2. The number of fused-ring (bicyclic) bond motifs is 2. The van der Waals surface area contributed by atoms with Crippen molar-refractivity contribution in [2.24, 2.45) is 0 Å². The van der Waals surface area contributed by atoms with E-state index in [-0.39, 0.29) is 29.6 Å². The molecule has 3 heterocycles. The van der Waals surface area contributed by atoms with Crippen LogP contribution in [0, 0.1) is 0 Å². The second kappa shape index (κ2) is 8.30. The van der Waals surface area contributed by atoms with Crippen LogP contribution in [0.15, 0.2) is 59.4 Å². The van der Waals surface area contributed by atoms with Gasteiger partial charge in [0.2, 0.25) is 17.8 Å². The van der Waals surface area contributed by atoms with Crippen molar-refractivity contribution in [3.05, 3.63) is 87.2 Å². The van der Waals surface area contributed by atoms with Crippen LogP contribution in [0.5, 0.6) is 0 Å². The van der Waals surface area contributed by atoms with Crippen molar-refractivity contribution in [2.45, 2.75) is 31.8 Å². The number of hydrogen-bond donors (Lipinski definition) is 3. The molecule has 8 heteroatoms. The average Bonchev–Trinajstić information content (AvgIpc) is 2.82. The lowest BCUT2D eigenvalue weighted by Crippen LogP contribution is -2.40. The van der Waals surface area contributed by atoms with Crippen molar-refractivity contribution in [1.29, 1.82) is 0 Å². The average molecular weight is 429 g/mol. The van der Waals surface area contributed by atoms with E-state index in [1.807, 2.05) is 47.4 Å². The highest BCUT2D eigenvalue weighted by Crippen LogP contribution is 2.30. The van der Waals surface area contributed by atoms with Crippen molar-refractivity contribution in [3.63, 3.8) is 0 Å². The summed E-state index contributed by atoms with van der Waals surface area (Å²) in [6, 6.07) is 17.7. The van der Waals surface area contributed by atoms with Gasteiger partial charge in [0.05, 0.1) is 11.5 Å². The van der Waals surface area contributed by atoms with Crippen LogP contribution in [0.25, 0.3) is 0 Å². The van der Waals surface area contributed by atoms with Crippen LogP contribution >= 0.6 is 0 Å². The molecule has 0 spiro atoms. The largest absolute Gasteiger partial charge is 0.351 e. The summed E-state index contributed by atoms with van der Waals surface area (Å²) in [5.41, 5.74) is 3.21. The zero-order valence-electron chi connectivity index (χ0n) is 17.4. The number of benzene rings is 2. The molecule has 8 nitrogen and oxygen atoms in total. The minimum atomic E-state index is -0.880. The third-order valence-corrected chi connectivity index (χ3v) is 5.99. The third-order valence-electron chi connectivity index (χ3n) is 5.99. The van der Waals surface area contributed by atoms with Crippen LogP contribution < -0.4 is 21.1 Å². The van der Waals surface area contributed by atoms with Crippen molar-refractivity contribution < 1.29 is 9.59 Å². The van der Waals surface area contributed by atoms with Gasteiger partial charge in [0.1, 0.15) is 5.82 Å². The molecule has 2 aromatic carbocycles. The minimum absolute atomic E-state index is 0.0885. The van der Waals surface area contributed by atoms with Crippen LogP contribution in [0.2, 0.25) is 0 Å². The van der Waals surface area contributed by atoms with E-state index in [0.717, 1.165) is 12.0 Å². The fourth-order valence-electron chi connectivity index (χ4n) is 4.32. The van der Waals surface area contributed by atoms with Gasteiger partial charge in [-0.25, -0.2) is 0 Å².